The Morgan fingerprint density at radius 3 is 3.00 bits per heavy atom. The Morgan fingerprint density at radius 1 is 1.67 bits per heavy atom. The molecule has 9 heavy (non-hydrogen) atoms. The summed E-state index contributed by atoms with van der Waals surface area (Å²) < 4.78 is 5.30. The Balaban J connectivity index is 1.97. The average molecular weight is 127 g/mol. The molecule has 2 N–H and O–H groups in total. The van der Waals surface area contributed by atoms with E-state index in [0.717, 1.165) is 25.7 Å². The lowest BCUT2D eigenvalue weighted by Crippen LogP contribution is -2.10. The van der Waals surface area contributed by atoms with Crippen LogP contribution in [-0.2, 0) is 4.74 Å². The molecule has 2 fully saturated rings. The molecule has 0 amide bonds. The van der Waals surface area contributed by atoms with Gasteiger partial charge in [-0.2, -0.15) is 0 Å². The third-order valence-corrected chi connectivity index (χ3v) is 2.78. The predicted octanol–water partition coefficient (Wildman–Crippen LogP) is 0.372. The van der Waals surface area contributed by atoms with Crippen LogP contribution in [0.25, 0.3) is 0 Å². The molecule has 0 radical (unpaired) electrons. The van der Waals surface area contributed by atoms with Crippen LogP contribution in [0, 0.1) is 11.3 Å². The molecule has 2 nitrogen and oxygen atoms in total. The maximum absolute atomic E-state index is 5.53. The van der Waals surface area contributed by atoms with E-state index in [1.165, 1.54) is 12.8 Å². The third kappa shape index (κ3) is 0.700. The lowest BCUT2D eigenvalue weighted by atomic mass is 10.0. The fourth-order valence-electron chi connectivity index (χ4n) is 1.87. The van der Waals surface area contributed by atoms with Crippen LogP contribution >= 0.6 is 0 Å². The SMILES string of the molecule is NC[C@@H]1C[C@]12CCOC2. The van der Waals surface area contributed by atoms with Gasteiger partial charge in [-0.25, -0.2) is 0 Å². The van der Waals surface area contributed by atoms with E-state index in [0.29, 0.717) is 5.41 Å². The molecule has 1 aliphatic heterocycles. The van der Waals surface area contributed by atoms with Gasteiger partial charge in [-0.1, -0.05) is 0 Å². The van der Waals surface area contributed by atoms with Crippen molar-refractivity contribution in [2.45, 2.75) is 12.8 Å². The zero-order valence-corrected chi connectivity index (χ0v) is 5.60. The van der Waals surface area contributed by atoms with Crippen molar-refractivity contribution < 1.29 is 4.74 Å². The van der Waals surface area contributed by atoms with Gasteiger partial charge in [-0.3, -0.25) is 0 Å². The molecule has 0 aromatic rings. The van der Waals surface area contributed by atoms with Crippen molar-refractivity contribution in [3.05, 3.63) is 0 Å². The van der Waals surface area contributed by atoms with E-state index in [4.69, 9.17) is 10.5 Å². The van der Waals surface area contributed by atoms with Gasteiger partial charge in [0.05, 0.1) is 6.61 Å². The van der Waals surface area contributed by atoms with Crippen molar-refractivity contribution in [2.75, 3.05) is 19.8 Å². The number of nitrogens with two attached hydrogens (primary N) is 1. The highest BCUT2D eigenvalue weighted by Gasteiger charge is 2.54. The molecule has 0 bridgehead atoms. The van der Waals surface area contributed by atoms with Gasteiger partial charge in [-0.05, 0) is 25.3 Å². The summed E-state index contributed by atoms with van der Waals surface area (Å²) in [6.07, 6.45) is 2.58. The average Bonchev–Trinajstić information content (AvgIpc) is 2.30. The van der Waals surface area contributed by atoms with Gasteiger partial charge in [0.2, 0.25) is 0 Å². The minimum Gasteiger partial charge on any atom is -0.381 e. The zero-order chi connectivity index (χ0) is 6.32. The van der Waals surface area contributed by atoms with Crippen LogP contribution in [0.3, 0.4) is 0 Å². The number of ether oxygens (including phenoxy) is 1. The lowest BCUT2D eigenvalue weighted by Gasteiger charge is -2.01. The van der Waals surface area contributed by atoms with Crippen molar-refractivity contribution >= 4 is 0 Å². The van der Waals surface area contributed by atoms with Crippen LogP contribution in [0.1, 0.15) is 12.8 Å². The minimum absolute atomic E-state index is 0.564. The lowest BCUT2D eigenvalue weighted by molar-refractivity contribution is 0.179. The molecule has 0 unspecified atom stereocenters. The summed E-state index contributed by atoms with van der Waals surface area (Å²) in [5.41, 5.74) is 6.10. The minimum atomic E-state index is 0.564. The van der Waals surface area contributed by atoms with Gasteiger partial charge in [0.1, 0.15) is 0 Å². The molecular formula is C7H13NO. The molecule has 1 saturated heterocycles. The topological polar surface area (TPSA) is 35.2 Å². The molecule has 1 saturated carbocycles. The molecule has 52 valence electrons. The van der Waals surface area contributed by atoms with Crippen molar-refractivity contribution in [3.8, 4) is 0 Å². The standard InChI is InChI=1S/C7H13NO/c8-4-6-3-7(6)1-2-9-5-7/h6H,1-5,8H2/t6-,7-/m0/s1. The fourth-order valence-corrected chi connectivity index (χ4v) is 1.87. The Labute approximate surface area is 55.4 Å². The van der Waals surface area contributed by atoms with E-state index in [-0.39, 0.29) is 0 Å². The number of hydrogen-bond donors (Lipinski definition) is 1. The summed E-state index contributed by atoms with van der Waals surface area (Å²) in [6, 6.07) is 0. The molecule has 1 aliphatic carbocycles. The highest BCUT2D eigenvalue weighted by Crippen LogP contribution is 2.57. The van der Waals surface area contributed by atoms with Gasteiger partial charge >= 0.3 is 0 Å². The van der Waals surface area contributed by atoms with Crippen LogP contribution in [0.4, 0.5) is 0 Å². The van der Waals surface area contributed by atoms with E-state index in [2.05, 4.69) is 0 Å². The molecule has 0 aromatic heterocycles. The van der Waals surface area contributed by atoms with E-state index >= 15 is 0 Å². The first kappa shape index (κ1) is 5.69. The molecule has 2 aliphatic rings. The van der Waals surface area contributed by atoms with Crippen LogP contribution in [0.15, 0.2) is 0 Å². The highest BCUT2D eigenvalue weighted by atomic mass is 16.5. The monoisotopic (exact) mass is 127 g/mol. The Bertz CT molecular complexity index is 118. The summed E-state index contributed by atoms with van der Waals surface area (Å²) >= 11 is 0. The van der Waals surface area contributed by atoms with E-state index in [9.17, 15) is 0 Å². The first-order chi connectivity index (χ1) is 4.37. The Morgan fingerprint density at radius 2 is 2.56 bits per heavy atom. The molecule has 2 rings (SSSR count). The van der Waals surface area contributed by atoms with Crippen LogP contribution in [0.2, 0.25) is 0 Å². The molecule has 1 heterocycles. The van der Waals surface area contributed by atoms with Crippen molar-refractivity contribution in [2.24, 2.45) is 17.1 Å². The summed E-state index contributed by atoms with van der Waals surface area (Å²) in [5.74, 6) is 0.792. The van der Waals surface area contributed by atoms with Crippen molar-refractivity contribution in [1.29, 1.82) is 0 Å². The second-order valence-electron chi connectivity index (χ2n) is 3.30. The zero-order valence-electron chi connectivity index (χ0n) is 5.60. The Hall–Kier alpha value is -0.0800. The first-order valence-corrected chi connectivity index (χ1v) is 3.65. The van der Waals surface area contributed by atoms with Gasteiger partial charge in [0, 0.05) is 12.0 Å². The van der Waals surface area contributed by atoms with Crippen LogP contribution < -0.4 is 5.73 Å². The summed E-state index contributed by atoms with van der Waals surface area (Å²) in [5, 5.41) is 0. The third-order valence-electron chi connectivity index (χ3n) is 2.78. The second-order valence-corrected chi connectivity index (χ2v) is 3.30. The van der Waals surface area contributed by atoms with Gasteiger partial charge in [0.25, 0.3) is 0 Å². The molecular weight excluding hydrogens is 114 g/mol. The Kier molecular flexibility index (Phi) is 1.08. The molecule has 2 atom stereocenters. The second kappa shape index (κ2) is 1.70. The maximum atomic E-state index is 5.53. The van der Waals surface area contributed by atoms with Crippen LogP contribution in [-0.4, -0.2) is 19.8 Å². The van der Waals surface area contributed by atoms with Crippen molar-refractivity contribution in [3.63, 3.8) is 0 Å². The number of hydrogen-bond acceptors (Lipinski definition) is 2. The van der Waals surface area contributed by atoms with Gasteiger partial charge in [-0.15, -0.1) is 0 Å². The first-order valence-electron chi connectivity index (χ1n) is 3.65. The largest absolute Gasteiger partial charge is 0.381 e. The maximum Gasteiger partial charge on any atom is 0.0526 e. The summed E-state index contributed by atoms with van der Waals surface area (Å²) in [7, 11) is 0. The predicted molar refractivity (Wildman–Crippen MR) is 35.0 cm³/mol. The molecule has 2 heteroatoms. The van der Waals surface area contributed by atoms with Crippen molar-refractivity contribution in [1.82, 2.24) is 0 Å². The number of rotatable bonds is 1. The van der Waals surface area contributed by atoms with Crippen LogP contribution in [0.5, 0.6) is 0 Å². The normalized spacial score (nSPS) is 48.3. The summed E-state index contributed by atoms with van der Waals surface area (Å²) in [4.78, 5) is 0. The van der Waals surface area contributed by atoms with E-state index in [1.807, 2.05) is 0 Å². The highest BCUT2D eigenvalue weighted by molar-refractivity contribution is 5.04. The van der Waals surface area contributed by atoms with E-state index in [1.54, 1.807) is 0 Å². The molecule has 1 spiro atoms. The smallest absolute Gasteiger partial charge is 0.0526 e. The van der Waals surface area contributed by atoms with Gasteiger partial charge < -0.3 is 10.5 Å². The van der Waals surface area contributed by atoms with Gasteiger partial charge in [0.15, 0.2) is 0 Å². The fraction of sp³-hybridized carbons (Fsp3) is 1.00. The quantitative estimate of drug-likeness (QED) is 0.552. The summed E-state index contributed by atoms with van der Waals surface area (Å²) in [6.45, 7) is 2.81. The molecule has 0 aromatic carbocycles. The van der Waals surface area contributed by atoms with E-state index < -0.39 is 0 Å².